The fourth-order valence-corrected chi connectivity index (χ4v) is 1.73. The summed E-state index contributed by atoms with van der Waals surface area (Å²) < 4.78 is 22.7. The molecule has 0 atom stereocenters. The van der Waals surface area contributed by atoms with Gasteiger partial charge in [-0.25, -0.2) is 4.79 Å². The van der Waals surface area contributed by atoms with Crippen molar-refractivity contribution in [3.05, 3.63) is 12.2 Å². The van der Waals surface area contributed by atoms with Gasteiger partial charge in [-0.2, -0.15) is 0 Å². The third kappa shape index (κ3) is 8.86. The van der Waals surface area contributed by atoms with Crippen molar-refractivity contribution in [1.29, 1.82) is 0 Å². The highest BCUT2D eigenvalue weighted by atomic mass is 16.9. The van der Waals surface area contributed by atoms with Crippen LogP contribution in [0.2, 0.25) is 0 Å². The first-order valence-electron chi connectivity index (χ1n) is 7.44. The number of hydrogen-bond donors (Lipinski definition) is 0. The van der Waals surface area contributed by atoms with E-state index in [4.69, 9.17) is 18.9 Å². The van der Waals surface area contributed by atoms with Crippen LogP contribution in [0.1, 0.15) is 54.9 Å². The smallest absolute Gasteiger partial charge is 0.333 e. The maximum Gasteiger partial charge on any atom is 0.333 e. The summed E-state index contributed by atoms with van der Waals surface area (Å²) in [5, 5.41) is 0. The summed E-state index contributed by atoms with van der Waals surface area (Å²) in [4.78, 5) is 11.5. The molecule has 5 heteroatoms. The fraction of sp³-hybridized carbons (Fsp3) is 0.812. The van der Waals surface area contributed by atoms with E-state index in [2.05, 4.69) is 6.58 Å². The topological polar surface area (TPSA) is 54.0 Å². The van der Waals surface area contributed by atoms with E-state index in [-0.39, 0.29) is 24.9 Å². The van der Waals surface area contributed by atoms with Crippen LogP contribution in [0.15, 0.2) is 12.2 Å². The van der Waals surface area contributed by atoms with E-state index < -0.39 is 11.9 Å². The summed E-state index contributed by atoms with van der Waals surface area (Å²) in [6.45, 7) is 16.7. The van der Waals surface area contributed by atoms with Gasteiger partial charge in [-0.3, -0.25) is 0 Å². The molecule has 0 bridgehead atoms. The highest BCUT2D eigenvalue weighted by Gasteiger charge is 2.37. The van der Waals surface area contributed by atoms with Crippen molar-refractivity contribution in [2.75, 3.05) is 6.61 Å². The molecule has 0 saturated heterocycles. The summed E-state index contributed by atoms with van der Waals surface area (Å²) >= 11 is 0. The standard InChI is InChI=1S/C16H30O5/c1-11(2)15(17)18-10-9-16(19-12(3)4,20-13(5)6)21-14(7)8/h12-14H,1,9-10H2,2-8H3. The van der Waals surface area contributed by atoms with E-state index in [1.54, 1.807) is 6.92 Å². The summed E-state index contributed by atoms with van der Waals surface area (Å²) in [5.41, 5.74) is 0.361. The van der Waals surface area contributed by atoms with Crippen LogP contribution < -0.4 is 0 Å². The molecule has 21 heavy (non-hydrogen) atoms. The van der Waals surface area contributed by atoms with E-state index in [1.165, 1.54) is 0 Å². The number of esters is 1. The van der Waals surface area contributed by atoms with Crippen LogP contribution in [0.25, 0.3) is 0 Å². The summed E-state index contributed by atoms with van der Waals surface area (Å²) in [5.74, 6) is -1.64. The molecule has 0 aromatic rings. The van der Waals surface area contributed by atoms with Crippen molar-refractivity contribution in [3.8, 4) is 0 Å². The van der Waals surface area contributed by atoms with Crippen LogP contribution in [0.4, 0.5) is 0 Å². The van der Waals surface area contributed by atoms with Gasteiger partial charge in [-0.1, -0.05) is 6.58 Å². The molecule has 0 aromatic carbocycles. The lowest BCUT2D eigenvalue weighted by Gasteiger charge is -2.37. The molecule has 0 aliphatic heterocycles. The van der Waals surface area contributed by atoms with Gasteiger partial charge in [0.2, 0.25) is 0 Å². The summed E-state index contributed by atoms with van der Waals surface area (Å²) in [7, 11) is 0. The first kappa shape index (κ1) is 20.1. The van der Waals surface area contributed by atoms with Gasteiger partial charge in [-0.05, 0) is 48.5 Å². The lowest BCUT2D eigenvalue weighted by Crippen LogP contribution is -2.45. The lowest BCUT2D eigenvalue weighted by atomic mass is 10.3. The molecule has 5 nitrogen and oxygen atoms in total. The normalized spacial score (nSPS) is 12.3. The van der Waals surface area contributed by atoms with Crippen LogP contribution in [0.5, 0.6) is 0 Å². The maximum atomic E-state index is 11.5. The van der Waals surface area contributed by atoms with Gasteiger partial charge in [0.15, 0.2) is 0 Å². The first-order chi connectivity index (χ1) is 9.58. The molecular weight excluding hydrogens is 272 g/mol. The number of carbonyl (C=O) groups is 1. The van der Waals surface area contributed by atoms with Gasteiger partial charge in [0.05, 0.1) is 31.3 Å². The fourth-order valence-electron chi connectivity index (χ4n) is 1.73. The zero-order chi connectivity index (χ0) is 16.6. The van der Waals surface area contributed by atoms with Crippen LogP contribution in [-0.4, -0.2) is 36.9 Å². The largest absolute Gasteiger partial charge is 0.462 e. The van der Waals surface area contributed by atoms with Crippen molar-refractivity contribution in [3.63, 3.8) is 0 Å². The molecule has 0 amide bonds. The molecule has 0 N–H and O–H groups in total. The molecule has 0 aromatic heterocycles. The Balaban J connectivity index is 4.88. The molecule has 0 aliphatic carbocycles. The van der Waals surface area contributed by atoms with Gasteiger partial charge in [0.1, 0.15) is 0 Å². The van der Waals surface area contributed by atoms with Crippen molar-refractivity contribution in [2.45, 2.75) is 79.2 Å². The van der Waals surface area contributed by atoms with Crippen LogP contribution in [-0.2, 0) is 23.7 Å². The third-order valence-corrected chi connectivity index (χ3v) is 2.24. The van der Waals surface area contributed by atoms with Gasteiger partial charge < -0.3 is 18.9 Å². The second-order valence-corrected chi connectivity index (χ2v) is 5.85. The SMILES string of the molecule is C=C(C)C(=O)OCCC(OC(C)C)(OC(C)C)OC(C)C. The number of ether oxygens (including phenoxy) is 4. The first-order valence-corrected chi connectivity index (χ1v) is 7.44. The molecule has 0 unspecified atom stereocenters. The average Bonchev–Trinajstić information content (AvgIpc) is 2.24. The predicted octanol–water partition coefficient (Wildman–Crippen LogP) is 3.42. The quantitative estimate of drug-likeness (QED) is 0.351. The van der Waals surface area contributed by atoms with Crippen molar-refractivity contribution in [1.82, 2.24) is 0 Å². The molecule has 0 fully saturated rings. The van der Waals surface area contributed by atoms with Crippen molar-refractivity contribution in [2.24, 2.45) is 0 Å². The Labute approximate surface area is 128 Å². The van der Waals surface area contributed by atoms with Crippen LogP contribution >= 0.6 is 0 Å². The number of carbonyl (C=O) groups excluding carboxylic acids is 1. The second kappa shape index (κ2) is 9.18. The Morgan fingerprint density at radius 1 is 0.952 bits per heavy atom. The monoisotopic (exact) mass is 302 g/mol. The van der Waals surface area contributed by atoms with E-state index in [0.717, 1.165) is 0 Å². The number of rotatable bonds is 10. The molecule has 0 aliphatic rings. The molecule has 0 heterocycles. The minimum absolute atomic E-state index is 0.0839. The van der Waals surface area contributed by atoms with Gasteiger partial charge in [0, 0.05) is 5.57 Å². The summed E-state index contributed by atoms with van der Waals surface area (Å²) in [6.07, 6.45) is 0.0404. The Morgan fingerprint density at radius 2 is 1.33 bits per heavy atom. The zero-order valence-corrected chi connectivity index (χ0v) is 14.4. The van der Waals surface area contributed by atoms with Crippen LogP contribution in [0.3, 0.4) is 0 Å². The molecular formula is C16H30O5. The number of hydrogen-bond acceptors (Lipinski definition) is 5. The molecule has 124 valence electrons. The highest BCUT2D eigenvalue weighted by Crippen LogP contribution is 2.26. The van der Waals surface area contributed by atoms with Crippen molar-refractivity contribution >= 4 is 5.97 Å². The van der Waals surface area contributed by atoms with E-state index in [1.807, 2.05) is 41.5 Å². The van der Waals surface area contributed by atoms with Crippen LogP contribution in [0, 0.1) is 0 Å². The van der Waals surface area contributed by atoms with Gasteiger partial charge in [0.25, 0.3) is 5.97 Å². The minimum Gasteiger partial charge on any atom is -0.462 e. The Morgan fingerprint density at radius 3 is 1.62 bits per heavy atom. The molecule has 0 rings (SSSR count). The minimum atomic E-state index is -1.22. The average molecular weight is 302 g/mol. The maximum absolute atomic E-state index is 11.5. The summed E-state index contributed by atoms with van der Waals surface area (Å²) in [6, 6.07) is 0. The van der Waals surface area contributed by atoms with Crippen molar-refractivity contribution < 1.29 is 23.7 Å². The molecule has 0 saturated carbocycles. The highest BCUT2D eigenvalue weighted by molar-refractivity contribution is 5.86. The zero-order valence-electron chi connectivity index (χ0n) is 14.4. The third-order valence-electron chi connectivity index (χ3n) is 2.24. The van der Waals surface area contributed by atoms with E-state index in [0.29, 0.717) is 12.0 Å². The second-order valence-electron chi connectivity index (χ2n) is 5.85. The Kier molecular flexibility index (Phi) is 8.78. The Hall–Kier alpha value is -0.910. The predicted molar refractivity (Wildman–Crippen MR) is 81.8 cm³/mol. The van der Waals surface area contributed by atoms with Gasteiger partial charge in [-0.15, -0.1) is 0 Å². The van der Waals surface area contributed by atoms with E-state index in [9.17, 15) is 4.79 Å². The molecule has 0 radical (unpaired) electrons. The Bertz CT molecular complexity index is 307. The molecule has 0 spiro atoms. The lowest BCUT2D eigenvalue weighted by molar-refractivity contribution is -0.413. The van der Waals surface area contributed by atoms with Gasteiger partial charge >= 0.3 is 5.97 Å². The van der Waals surface area contributed by atoms with E-state index >= 15 is 0 Å².